The molecule has 0 bridgehead atoms. The summed E-state index contributed by atoms with van der Waals surface area (Å²) in [6, 6.07) is 11.3. The van der Waals surface area contributed by atoms with Crippen LogP contribution in [-0.2, 0) is 4.74 Å². The Morgan fingerprint density at radius 1 is 0.800 bits per heavy atom. The molecule has 0 N–H and O–H groups in total. The molecule has 13 heteroatoms. The molecule has 40 heavy (non-hydrogen) atoms. The Labute approximate surface area is 237 Å². The number of allylic oxidation sites excluding steroid dienone is 3. The zero-order chi connectivity index (χ0) is 29.2. The minimum atomic E-state index is -5.70. The molecular formula is C27H19F6NO3S3. The Kier molecular flexibility index (Phi) is 5.74. The molecule has 4 aliphatic rings. The lowest BCUT2D eigenvalue weighted by molar-refractivity contribution is -0.380. The van der Waals surface area contributed by atoms with Gasteiger partial charge in [-0.25, -0.2) is 0 Å². The predicted octanol–water partition coefficient (Wildman–Crippen LogP) is 8.94. The van der Waals surface area contributed by atoms with Crippen molar-refractivity contribution in [3.8, 4) is 0 Å². The fourth-order valence-electron chi connectivity index (χ4n) is 6.16. The average Bonchev–Trinajstić information content (AvgIpc) is 3.59. The maximum absolute atomic E-state index is 15.7. The standard InChI is InChI=1S/C27H19F6NO3S3/c1-12-17-19-20(25(30,31)27(32,33)24(19,28)29)18-13(2)22(15-10-11-16(38-15)34(35)36)40-26(18,37-4)23(17,3)39-21(12)14-8-6-5-7-9-14/h5-11H,1-4H3. The van der Waals surface area contributed by atoms with Crippen LogP contribution in [0, 0.1) is 10.1 Å². The molecule has 2 atom stereocenters. The van der Waals surface area contributed by atoms with Gasteiger partial charge in [-0.3, -0.25) is 10.1 Å². The number of methoxy groups -OCH3 is 1. The minimum Gasteiger partial charge on any atom is -0.361 e. The molecule has 210 valence electrons. The number of thioether (sulfide) groups is 2. The van der Waals surface area contributed by atoms with Crippen LogP contribution in [0.2, 0.25) is 0 Å². The smallest absolute Gasteiger partial charge is 0.361 e. The van der Waals surface area contributed by atoms with E-state index in [1.807, 2.05) is 0 Å². The van der Waals surface area contributed by atoms with Gasteiger partial charge in [-0.2, -0.15) is 26.3 Å². The zero-order valence-corrected chi connectivity index (χ0v) is 23.7. The van der Waals surface area contributed by atoms with E-state index in [0.717, 1.165) is 34.9 Å². The summed E-state index contributed by atoms with van der Waals surface area (Å²) >= 11 is 2.81. The fourth-order valence-corrected chi connectivity index (χ4v) is 10.5. The first-order valence-corrected chi connectivity index (χ1v) is 14.3. The molecule has 6 rings (SSSR count). The Hall–Kier alpha value is -2.48. The molecule has 2 aromatic rings. The summed E-state index contributed by atoms with van der Waals surface area (Å²) in [5.41, 5.74) is -2.71. The molecule has 3 heterocycles. The van der Waals surface area contributed by atoms with Crippen molar-refractivity contribution in [2.24, 2.45) is 0 Å². The fraction of sp³-hybridized carbons (Fsp3) is 0.333. The van der Waals surface area contributed by atoms with Crippen molar-refractivity contribution in [2.45, 2.75) is 48.2 Å². The molecule has 2 aliphatic heterocycles. The third-order valence-corrected chi connectivity index (χ3v) is 12.7. The van der Waals surface area contributed by atoms with E-state index in [9.17, 15) is 10.1 Å². The lowest BCUT2D eigenvalue weighted by Gasteiger charge is -2.48. The Balaban J connectivity index is 1.73. The van der Waals surface area contributed by atoms with Gasteiger partial charge in [-0.05, 0) is 49.1 Å². The monoisotopic (exact) mass is 615 g/mol. The summed E-state index contributed by atoms with van der Waals surface area (Å²) in [6.07, 6.45) is 0. The highest BCUT2D eigenvalue weighted by molar-refractivity contribution is 8.14. The Morgan fingerprint density at radius 3 is 1.93 bits per heavy atom. The largest absolute Gasteiger partial charge is 0.380 e. The van der Waals surface area contributed by atoms with Gasteiger partial charge < -0.3 is 4.74 Å². The van der Waals surface area contributed by atoms with Crippen LogP contribution in [0.5, 0.6) is 0 Å². The summed E-state index contributed by atoms with van der Waals surface area (Å²) in [7, 11) is 1.23. The third-order valence-electron chi connectivity index (χ3n) is 7.90. The second-order valence-electron chi connectivity index (χ2n) is 9.95. The van der Waals surface area contributed by atoms with Gasteiger partial charge in [0.1, 0.15) is 0 Å². The van der Waals surface area contributed by atoms with E-state index in [2.05, 4.69) is 0 Å². The van der Waals surface area contributed by atoms with Gasteiger partial charge in [0.15, 0.2) is 4.93 Å². The third kappa shape index (κ3) is 3.01. The summed E-state index contributed by atoms with van der Waals surface area (Å²) in [4.78, 5) is 9.97. The van der Waals surface area contributed by atoms with Gasteiger partial charge in [-0.1, -0.05) is 53.4 Å². The van der Waals surface area contributed by atoms with E-state index in [4.69, 9.17) is 4.74 Å². The Morgan fingerprint density at radius 2 is 1.38 bits per heavy atom. The number of nitro groups is 1. The summed E-state index contributed by atoms with van der Waals surface area (Å²) < 4.78 is 97.5. The van der Waals surface area contributed by atoms with Gasteiger partial charge in [-0.15, -0.1) is 11.8 Å². The number of fused-ring (bicyclic) bond motifs is 4. The highest BCUT2D eigenvalue weighted by atomic mass is 32.2. The van der Waals surface area contributed by atoms with E-state index in [-0.39, 0.29) is 26.6 Å². The molecule has 0 saturated heterocycles. The van der Waals surface area contributed by atoms with Crippen LogP contribution in [0.15, 0.2) is 75.9 Å². The summed E-state index contributed by atoms with van der Waals surface area (Å²) in [5, 5.41) is 11.1. The van der Waals surface area contributed by atoms with Crippen LogP contribution in [0.4, 0.5) is 31.3 Å². The topological polar surface area (TPSA) is 52.4 Å². The number of rotatable bonds is 4. The molecule has 1 aromatic heterocycles. The van der Waals surface area contributed by atoms with Crippen molar-refractivity contribution >= 4 is 49.7 Å². The predicted molar refractivity (Wildman–Crippen MR) is 145 cm³/mol. The van der Waals surface area contributed by atoms with Crippen LogP contribution in [0.25, 0.3) is 9.81 Å². The zero-order valence-electron chi connectivity index (χ0n) is 21.2. The van der Waals surface area contributed by atoms with Gasteiger partial charge >= 0.3 is 22.8 Å². The van der Waals surface area contributed by atoms with E-state index >= 15 is 26.3 Å². The van der Waals surface area contributed by atoms with Gasteiger partial charge in [0.2, 0.25) is 0 Å². The van der Waals surface area contributed by atoms with E-state index in [0.29, 0.717) is 15.3 Å². The molecule has 1 saturated carbocycles. The molecule has 0 spiro atoms. The quantitative estimate of drug-likeness (QED) is 0.195. The lowest BCUT2D eigenvalue weighted by atomic mass is 9.72. The number of ether oxygens (including phenoxy) is 1. The molecule has 1 fully saturated rings. The SMILES string of the molecule is COC12SC(c3ccc([N+](=O)[O-])s3)=C(C)C1=C1C(=C3C(C)=C(c4ccccc4)SC32C)C(F)(F)C(F)(F)C1(F)F. The highest BCUT2D eigenvalue weighted by Crippen LogP contribution is 2.77. The number of alkyl halides is 6. The van der Waals surface area contributed by atoms with Crippen LogP contribution in [0.1, 0.15) is 31.2 Å². The number of hydrogen-bond acceptors (Lipinski definition) is 6. The van der Waals surface area contributed by atoms with Crippen molar-refractivity contribution in [3.63, 3.8) is 0 Å². The van der Waals surface area contributed by atoms with Crippen LogP contribution < -0.4 is 0 Å². The summed E-state index contributed by atoms with van der Waals surface area (Å²) in [5.74, 6) is -16.1. The van der Waals surface area contributed by atoms with Crippen molar-refractivity contribution in [1.29, 1.82) is 0 Å². The molecule has 4 nitrogen and oxygen atoms in total. The molecule has 2 aliphatic carbocycles. The number of hydrogen-bond donors (Lipinski definition) is 0. The maximum Gasteiger partial charge on any atom is 0.380 e. The van der Waals surface area contributed by atoms with Crippen molar-refractivity contribution in [3.05, 3.63) is 96.5 Å². The van der Waals surface area contributed by atoms with Gasteiger partial charge in [0.25, 0.3) is 0 Å². The van der Waals surface area contributed by atoms with Crippen molar-refractivity contribution in [2.75, 3.05) is 7.11 Å². The molecule has 2 unspecified atom stereocenters. The minimum absolute atomic E-state index is 0.0379. The number of thiophene rings is 1. The van der Waals surface area contributed by atoms with Crippen molar-refractivity contribution < 1.29 is 36.0 Å². The molecule has 1 aromatic carbocycles. The van der Waals surface area contributed by atoms with E-state index < -0.39 is 49.1 Å². The summed E-state index contributed by atoms with van der Waals surface area (Å²) in [6.45, 7) is 4.40. The normalized spacial score (nSPS) is 29.8. The van der Waals surface area contributed by atoms with Crippen molar-refractivity contribution in [1.82, 2.24) is 0 Å². The second-order valence-corrected chi connectivity index (χ2v) is 13.6. The van der Waals surface area contributed by atoms with Gasteiger partial charge in [0.05, 0.1) is 9.67 Å². The highest BCUT2D eigenvalue weighted by Gasteiger charge is 2.85. The van der Waals surface area contributed by atoms with Gasteiger partial charge in [0, 0.05) is 44.6 Å². The first-order valence-electron chi connectivity index (χ1n) is 11.9. The molecular weight excluding hydrogens is 596 g/mol. The number of nitrogens with zero attached hydrogens (tertiary/aromatic N) is 1. The van der Waals surface area contributed by atoms with Crippen LogP contribution in [-0.4, -0.2) is 39.5 Å². The maximum atomic E-state index is 15.7. The second kappa shape index (κ2) is 8.30. The van der Waals surface area contributed by atoms with E-state index in [1.165, 1.54) is 33.1 Å². The number of halogens is 6. The molecule has 0 amide bonds. The van der Waals surface area contributed by atoms with Crippen LogP contribution in [0.3, 0.4) is 0 Å². The first-order chi connectivity index (χ1) is 18.6. The first kappa shape index (κ1) is 27.7. The number of benzene rings is 1. The molecule has 0 radical (unpaired) electrons. The lowest BCUT2D eigenvalue weighted by Crippen LogP contribution is -2.53. The van der Waals surface area contributed by atoms with Crippen LogP contribution >= 0.6 is 34.9 Å². The van der Waals surface area contributed by atoms with E-state index in [1.54, 1.807) is 37.3 Å². The average molecular weight is 616 g/mol. The Bertz CT molecular complexity index is 1640.